The minimum Gasteiger partial charge on any atom is -0.462 e. The fraction of sp³-hybridized carbons (Fsp3) is 0.830. The van der Waals surface area contributed by atoms with Crippen LogP contribution in [0.3, 0.4) is 0 Å². The number of hydrogen-bond donors (Lipinski definition) is 0. The topological polar surface area (TPSA) is 78.9 Å². The molecule has 0 fully saturated rings. The summed E-state index contributed by atoms with van der Waals surface area (Å²) in [4.78, 5) is 37.9. The van der Waals surface area contributed by atoms with E-state index in [1.165, 1.54) is 141 Å². The molecule has 1 atom stereocenters. The summed E-state index contributed by atoms with van der Waals surface area (Å²) in [6, 6.07) is 0. The van der Waals surface area contributed by atoms with E-state index < -0.39 is 6.10 Å². The summed E-state index contributed by atoms with van der Waals surface area (Å²) in [7, 11) is 0. The van der Waals surface area contributed by atoms with Crippen LogP contribution in [-0.2, 0) is 28.6 Å². The fourth-order valence-corrected chi connectivity index (χ4v) is 7.38. The lowest BCUT2D eigenvalue weighted by molar-refractivity contribution is -0.167. The third-order valence-corrected chi connectivity index (χ3v) is 11.2. The minimum atomic E-state index is -0.774. The highest BCUT2D eigenvalue weighted by atomic mass is 16.6. The Morgan fingerprint density at radius 3 is 1.02 bits per heavy atom. The molecule has 0 spiro atoms. The summed E-state index contributed by atoms with van der Waals surface area (Å²) >= 11 is 0. The number of allylic oxidation sites excluding steroid dienone is 6. The van der Waals surface area contributed by atoms with Crippen LogP contribution in [0.1, 0.15) is 265 Å². The van der Waals surface area contributed by atoms with E-state index in [0.717, 1.165) is 83.5 Å². The molecule has 59 heavy (non-hydrogen) atoms. The molecule has 0 saturated heterocycles. The lowest BCUT2D eigenvalue weighted by atomic mass is 10.0. The molecule has 0 aromatic carbocycles. The molecular weight excluding hydrogens is 733 g/mol. The zero-order valence-electron chi connectivity index (χ0n) is 39.3. The zero-order chi connectivity index (χ0) is 43.0. The van der Waals surface area contributed by atoms with Crippen LogP contribution < -0.4 is 0 Å². The highest BCUT2D eigenvalue weighted by Gasteiger charge is 2.19. The van der Waals surface area contributed by atoms with Gasteiger partial charge in [0.25, 0.3) is 0 Å². The maximum atomic E-state index is 12.8. The van der Waals surface area contributed by atoms with Gasteiger partial charge in [0.2, 0.25) is 0 Å². The van der Waals surface area contributed by atoms with Crippen LogP contribution in [0.25, 0.3) is 0 Å². The molecule has 0 aromatic heterocycles. The number of carbonyl (C=O) groups excluding carboxylic acids is 3. The molecule has 0 radical (unpaired) electrons. The Balaban J connectivity index is 4.37. The highest BCUT2D eigenvalue weighted by Crippen LogP contribution is 2.16. The highest BCUT2D eigenvalue weighted by molar-refractivity contribution is 5.71. The van der Waals surface area contributed by atoms with Crippen molar-refractivity contribution in [3.63, 3.8) is 0 Å². The molecule has 0 rings (SSSR count). The lowest BCUT2D eigenvalue weighted by Gasteiger charge is -2.18. The van der Waals surface area contributed by atoms with Gasteiger partial charge < -0.3 is 14.2 Å². The summed E-state index contributed by atoms with van der Waals surface area (Å²) < 4.78 is 16.8. The van der Waals surface area contributed by atoms with Crippen LogP contribution >= 0.6 is 0 Å². The number of carbonyl (C=O) groups is 3. The van der Waals surface area contributed by atoms with Crippen LogP contribution in [-0.4, -0.2) is 37.2 Å². The third-order valence-electron chi connectivity index (χ3n) is 11.2. The van der Waals surface area contributed by atoms with Crippen molar-refractivity contribution < 1.29 is 28.6 Å². The predicted octanol–water partition coefficient (Wildman–Crippen LogP) is 16.5. The van der Waals surface area contributed by atoms with Gasteiger partial charge in [-0.25, -0.2) is 0 Å². The van der Waals surface area contributed by atoms with Crippen molar-refractivity contribution in [2.45, 2.75) is 271 Å². The Morgan fingerprint density at radius 2 is 0.661 bits per heavy atom. The van der Waals surface area contributed by atoms with E-state index in [1.807, 2.05) is 0 Å². The summed E-state index contributed by atoms with van der Waals surface area (Å²) in [6.07, 6.45) is 55.5. The van der Waals surface area contributed by atoms with Crippen LogP contribution in [0.5, 0.6) is 0 Å². The third kappa shape index (κ3) is 46.5. The standard InChI is InChI=1S/C53H96O6/c1-4-7-10-13-16-19-22-25-28-31-34-37-40-43-46-52(55)58-49-50(48-57-51(54)45-42-39-36-33-30-27-24-21-18-15-12-9-6-3)59-53(56)47-44-41-38-35-32-29-26-23-20-17-14-11-8-5-2/h9,12,15,18,21,24,50H,4-8,10-11,13-14,16-17,19-20,22-23,25-49H2,1-3H3/b12-9-,18-15-,24-21-. The quantitative estimate of drug-likeness (QED) is 0.0263. The molecule has 344 valence electrons. The molecule has 6 nitrogen and oxygen atoms in total. The molecular formula is C53H96O6. The van der Waals surface area contributed by atoms with E-state index >= 15 is 0 Å². The molecule has 0 aliphatic carbocycles. The van der Waals surface area contributed by atoms with E-state index in [1.54, 1.807) is 0 Å². The SMILES string of the molecule is CC\C=C/C=C\C=C/CCCCCCCC(=O)OCC(COC(=O)CCCCCCCCCCCCCCCC)OC(=O)CCCCCCCCCCCCCCCC. The molecule has 0 saturated carbocycles. The summed E-state index contributed by atoms with van der Waals surface area (Å²) in [5.74, 6) is -0.884. The summed E-state index contributed by atoms with van der Waals surface area (Å²) in [6.45, 7) is 6.51. The molecule has 0 aromatic rings. The van der Waals surface area contributed by atoms with Crippen LogP contribution in [0, 0.1) is 0 Å². The Morgan fingerprint density at radius 1 is 0.356 bits per heavy atom. The Hall–Kier alpha value is -2.37. The largest absolute Gasteiger partial charge is 0.462 e. The number of esters is 3. The van der Waals surface area contributed by atoms with E-state index in [2.05, 4.69) is 57.2 Å². The van der Waals surface area contributed by atoms with Gasteiger partial charge in [-0.15, -0.1) is 0 Å². The van der Waals surface area contributed by atoms with Gasteiger partial charge in [0, 0.05) is 19.3 Å². The number of rotatable bonds is 46. The smallest absolute Gasteiger partial charge is 0.306 e. The second kappa shape index (κ2) is 48.3. The fourth-order valence-electron chi connectivity index (χ4n) is 7.38. The Kier molecular flexibility index (Phi) is 46.4. The van der Waals surface area contributed by atoms with Gasteiger partial charge in [0.05, 0.1) is 0 Å². The molecule has 0 aliphatic rings. The monoisotopic (exact) mass is 829 g/mol. The second-order valence-corrected chi connectivity index (χ2v) is 17.1. The molecule has 0 aliphatic heterocycles. The molecule has 6 heteroatoms. The van der Waals surface area contributed by atoms with Crippen LogP contribution in [0.2, 0.25) is 0 Å². The van der Waals surface area contributed by atoms with E-state index in [0.29, 0.717) is 19.3 Å². The van der Waals surface area contributed by atoms with Crippen molar-refractivity contribution in [2.24, 2.45) is 0 Å². The number of hydrogen-bond acceptors (Lipinski definition) is 6. The first-order chi connectivity index (χ1) is 29.0. The van der Waals surface area contributed by atoms with Gasteiger partial charge >= 0.3 is 17.9 Å². The van der Waals surface area contributed by atoms with Gasteiger partial charge in [-0.2, -0.15) is 0 Å². The van der Waals surface area contributed by atoms with E-state index in [9.17, 15) is 14.4 Å². The van der Waals surface area contributed by atoms with Crippen molar-refractivity contribution in [1.29, 1.82) is 0 Å². The summed E-state index contributed by atoms with van der Waals surface area (Å²) in [5, 5.41) is 0. The van der Waals surface area contributed by atoms with Crippen LogP contribution in [0.15, 0.2) is 36.5 Å². The molecule has 1 unspecified atom stereocenters. The van der Waals surface area contributed by atoms with Gasteiger partial charge in [0.1, 0.15) is 13.2 Å². The summed E-state index contributed by atoms with van der Waals surface area (Å²) in [5.41, 5.74) is 0. The van der Waals surface area contributed by atoms with E-state index in [4.69, 9.17) is 14.2 Å². The normalized spacial score (nSPS) is 12.3. The molecule has 0 amide bonds. The van der Waals surface area contributed by atoms with E-state index in [-0.39, 0.29) is 31.1 Å². The molecule has 0 bridgehead atoms. The number of ether oxygens (including phenoxy) is 3. The zero-order valence-corrected chi connectivity index (χ0v) is 39.3. The molecule has 0 N–H and O–H groups in total. The van der Waals surface area contributed by atoms with Crippen molar-refractivity contribution in [3.8, 4) is 0 Å². The average molecular weight is 829 g/mol. The first-order valence-electron chi connectivity index (χ1n) is 25.5. The van der Waals surface area contributed by atoms with Gasteiger partial charge in [-0.05, 0) is 38.5 Å². The van der Waals surface area contributed by atoms with Crippen LogP contribution in [0.4, 0.5) is 0 Å². The van der Waals surface area contributed by atoms with Gasteiger partial charge in [-0.3, -0.25) is 14.4 Å². The maximum absolute atomic E-state index is 12.8. The first-order valence-corrected chi connectivity index (χ1v) is 25.5. The number of unbranched alkanes of at least 4 members (excludes halogenated alkanes) is 31. The van der Waals surface area contributed by atoms with Gasteiger partial charge in [-0.1, -0.05) is 243 Å². The van der Waals surface area contributed by atoms with Gasteiger partial charge in [0.15, 0.2) is 6.10 Å². The molecule has 0 heterocycles. The van der Waals surface area contributed by atoms with Crippen molar-refractivity contribution >= 4 is 17.9 Å². The maximum Gasteiger partial charge on any atom is 0.306 e. The van der Waals surface area contributed by atoms with Crippen molar-refractivity contribution in [3.05, 3.63) is 36.5 Å². The Labute approximate surface area is 365 Å². The minimum absolute atomic E-state index is 0.0745. The average Bonchev–Trinajstić information content (AvgIpc) is 3.23. The second-order valence-electron chi connectivity index (χ2n) is 17.1. The van der Waals surface area contributed by atoms with Crippen molar-refractivity contribution in [2.75, 3.05) is 13.2 Å². The van der Waals surface area contributed by atoms with Crippen molar-refractivity contribution in [1.82, 2.24) is 0 Å². The lowest BCUT2D eigenvalue weighted by Crippen LogP contribution is -2.30. The first kappa shape index (κ1) is 56.6. The Bertz CT molecular complexity index is 1000. The predicted molar refractivity (Wildman–Crippen MR) is 252 cm³/mol.